The molecule has 1 aromatic carbocycles. The molecule has 0 radical (unpaired) electrons. The summed E-state index contributed by atoms with van der Waals surface area (Å²) in [5.41, 5.74) is 0.488. The Labute approximate surface area is 118 Å². The molecule has 1 aromatic heterocycles. The second-order valence-corrected chi connectivity index (χ2v) is 4.71. The van der Waals surface area contributed by atoms with Gasteiger partial charge in [0.05, 0.1) is 12.1 Å². The van der Waals surface area contributed by atoms with Crippen molar-refractivity contribution in [2.24, 2.45) is 0 Å². The molecule has 1 heterocycles. The van der Waals surface area contributed by atoms with E-state index in [-0.39, 0.29) is 12.4 Å². The quantitative estimate of drug-likeness (QED) is 0.727. The van der Waals surface area contributed by atoms with Crippen LogP contribution in [-0.4, -0.2) is 18.3 Å². The van der Waals surface area contributed by atoms with E-state index in [9.17, 15) is 4.39 Å². The lowest BCUT2D eigenvalue weighted by Crippen LogP contribution is -2.14. The van der Waals surface area contributed by atoms with E-state index in [2.05, 4.69) is 5.32 Å². The summed E-state index contributed by atoms with van der Waals surface area (Å²) >= 11 is 0. The molecule has 20 heavy (non-hydrogen) atoms. The lowest BCUT2D eigenvalue weighted by molar-refractivity contribution is 0.282. The average Bonchev–Trinajstić information content (AvgIpc) is 2.92. The minimum atomic E-state index is -0.273. The Morgan fingerprint density at radius 2 is 1.90 bits per heavy atom. The molecule has 0 bridgehead atoms. The number of nitrogens with one attached hydrogen (secondary N) is 1. The van der Waals surface area contributed by atoms with Crippen molar-refractivity contribution >= 4 is 0 Å². The summed E-state index contributed by atoms with van der Waals surface area (Å²) in [6, 6.07) is 10.2. The summed E-state index contributed by atoms with van der Waals surface area (Å²) in [6.07, 6.45) is 2.89. The average molecular weight is 277 g/mol. The minimum absolute atomic E-state index is 0.254. The fourth-order valence-electron chi connectivity index (χ4n) is 2.03. The molecule has 0 aliphatic carbocycles. The summed E-state index contributed by atoms with van der Waals surface area (Å²) in [6.45, 7) is 1.77. The van der Waals surface area contributed by atoms with Crippen LogP contribution in [0.1, 0.15) is 25.0 Å². The molecule has 0 saturated carbocycles. The lowest BCUT2D eigenvalue weighted by Gasteiger charge is -2.02. The van der Waals surface area contributed by atoms with E-state index in [0.717, 1.165) is 31.6 Å². The van der Waals surface area contributed by atoms with E-state index in [1.165, 1.54) is 6.07 Å². The molecule has 2 aromatic rings. The number of hydrogen-bond acceptors (Lipinski definition) is 3. The number of unbranched alkanes of at least 4 members (excludes halogenated alkanes) is 2. The van der Waals surface area contributed by atoms with Gasteiger partial charge in [-0.1, -0.05) is 12.1 Å². The molecule has 3 nitrogen and oxygen atoms in total. The Morgan fingerprint density at radius 3 is 2.70 bits per heavy atom. The first-order valence-corrected chi connectivity index (χ1v) is 6.96. The molecule has 108 valence electrons. The van der Waals surface area contributed by atoms with Crippen molar-refractivity contribution in [3.8, 4) is 11.3 Å². The van der Waals surface area contributed by atoms with Crippen LogP contribution < -0.4 is 5.32 Å². The molecule has 0 amide bonds. The van der Waals surface area contributed by atoms with Crippen molar-refractivity contribution in [2.45, 2.75) is 25.8 Å². The Kier molecular flexibility index (Phi) is 5.77. The van der Waals surface area contributed by atoms with Gasteiger partial charge in [0, 0.05) is 6.61 Å². The SMILES string of the molecule is OCCCCCNCc1ccc(-c2ccccc2F)o1. The first kappa shape index (κ1) is 14.8. The minimum Gasteiger partial charge on any atom is -0.460 e. The Morgan fingerprint density at radius 1 is 1.05 bits per heavy atom. The molecule has 0 fully saturated rings. The number of rotatable bonds is 8. The number of hydrogen-bond donors (Lipinski definition) is 2. The highest BCUT2D eigenvalue weighted by atomic mass is 19.1. The van der Waals surface area contributed by atoms with Gasteiger partial charge in [-0.05, 0) is 50.1 Å². The zero-order chi connectivity index (χ0) is 14.2. The van der Waals surface area contributed by atoms with Crippen LogP contribution in [-0.2, 0) is 6.54 Å². The maximum absolute atomic E-state index is 13.6. The molecule has 0 aliphatic heterocycles. The summed E-state index contributed by atoms with van der Waals surface area (Å²) in [5.74, 6) is 1.08. The largest absolute Gasteiger partial charge is 0.460 e. The van der Waals surface area contributed by atoms with Gasteiger partial charge in [-0.15, -0.1) is 0 Å². The van der Waals surface area contributed by atoms with Crippen LogP contribution in [0.5, 0.6) is 0 Å². The smallest absolute Gasteiger partial charge is 0.137 e. The molecule has 0 spiro atoms. The van der Waals surface area contributed by atoms with Gasteiger partial charge < -0.3 is 14.8 Å². The van der Waals surface area contributed by atoms with Gasteiger partial charge in [0.1, 0.15) is 17.3 Å². The maximum atomic E-state index is 13.6. The fourth-order valence-corrected chi connectivity index (χ4v) is 2.03. The third kappa shape index (κ3) is 4.18. The number of furan rings is 1. The Bertz CT molecular complexity index is 525. The first-order valence-electron chi connectivity index (χ1n) is 6.96. The molecule has 4 heteroatoms. The number of aliphatic hydroxyl groups is 1. The van der Waals surface area contributed by atoms with E-state index >= 15 is 0 Å². The van der Waals surface area contributed by atoms with Crippen molar-refractivity contribution < 1.29 is 13.9 Å². The molecule has 2 N–H and O–H groups in total. The van der Waals surface area contributed by atoms with Crippen molar-refractivity contribution in [1.29, 1.82) is 0 Å². The highest BCUT2D eigenvalue weighted by Gasteiger charge is 2.08. The summed E-state index contributed by atoms with van der Waals surface area (Å²) in [5, 5.41) is 11.9. The van der Waals surface area contributed by atoms with E-state index in [1.807, 2.05) is 6.07 Å². The molecular formula is C16H20FNO2. The number of aliphatic hydroxyl groups excluding tert-OH is 1. The molecule has 0 aliphatic rings. The van der Waals surface area contributed by atoms with Crippen LogP contribution in [0, 0.1) is 5.82 Å². The van der Waals surface area contributed by atoms with Crippen molar-refractivity contribution in [2.75, 3.05) is 13.2 Å². The summed E-state index contributed by atoms with van der Waals surface area (Å²) in [7, 11) is 0. The zero-order valence-electron chi connectivity index (χ0n) is 11.4. The second kappa shape index (κ2) is 7.82. The standard InChI is InChI=1S/C16H20FNO2/c17-15-7-3-2-6-14(15)16-9-8-13(20-16)12-18-10-4-1-5-11-19/h2-3,6-9,18-19H,1,4-5,10-12H2. The number of benzene rings is 1. The summed E-state index contributed by atoms with van der Waals surface area (Å²) < 4.78 is 19.2. The third-order valence-corrected chi connectivity index (χ3v) is 3.11. The van der Waals surface area contributed by atoms with Crippen LogP contribution in [0.25, 0.3) is 11.3 Å². The van der Waals surface area contributed by atoms with Gasteiger partial charge in [-0.3, -0.25) is 0 Å². The van der Waals surface area contributed by atoms with E-state index in [1.54, 1.807) is 24.3 Å². The molecule has 0 unspecified atom stereocenters. The van der Waals surface area contributed by atoms with E-state index < -0.39 is 0 Å². The topological polar surface area (TPSA) is 45.4 Å². The van der Waals surface area contributed by atoms with Crippen molar-refractivity contribution in [3.63, 3.8) is 0 Å². The first-order chi connectivity index (χ1) is 9.81. The highest BCUT2D eigenvalue weighted by molar-refractivity contribution is 5.58. The lowest BCUT2D eigenvalue weighted by atomic mass is 10.1. The van der Waals surface area contributed by atoms with Crippen LogP contribution >= 0.6 is 0 Å². The van der Waals surface area contributed by atoms with Gasteiger partial charge >= 0.3 is 0 Å². The van der Waals surface area contributed by atoms with Crippen molar-refractivity contribution in [3.05, 3.63) is 48.0 Å². The predicted octanol–water partition coefficient (Wildman–Crippen LogP) is 3.34. The molecular weight excluding hydrogens is 257 g/mol. The number of halogens is 1. The Balaban J connectivity index is 1.82. The summed E-state index contributed by atoms with van der Waals surface area (Å²) in [4.78, 5) is 0. The monoisotopic (exact) mass is 277 g/mol. The van der Waals surface area contributed by atoms with Gasteiger partial charge in [-0.2, -0.15) is 0 Å². The van der Waals surface area contributed by atoms with Gasteiger partial charge in [0.2, 0.25) is 0 Å². The fraction of sp³-hybridized carbons (Fsp3) is 0.375. The molecule has 0 atom stereocenters. The van der Waals surface area contributed by atoms with E-state index in [4.69, 9.17) is 9.52 Å². The maximum Gasteiger partial charge on any atom is 0.137 e. The predicted molar refractivity (Wildman–Crippen MR) is 76.7 cm³/mol. The van der Waals surface area contributed by atoms with Crippen LogP contribution in [0.15, 0.2) is 40.8 Å². The van der Waals surface area contributed by atoms with Gasteiger partial charge in [0.15, 0.2) is 0 Å². The van der Waals surface area contributed by atoms with E-state index in [0.29, 0.717) is 17.9 Å². The van der Waals surface area contributed by atoms with Crippen LogP contribution in [0.3, 0.4) is 0 Å². The molecule has 0 saturated heterocycles. The molecule has 2 rings (SSSR count). The normalized spacial score (nSPS) is 10.9. The van der Waals surface area contributed by atoms with Crippen LogP contribution in [0.2, 0.25) is 0 Å². The van der Waals surface area contributed by atoms with Crippen LogP contribution in [0.4, 0.5) is 4.39 Å². The Hall–Kier alpha value is -1.65. The van der Waals surface area contributed by atoms with Crippen molar-refractivity contribution in [1.82, 2.24) is 5.32 Å². The zero-order valence-corrected chi connectivity index (χ0v) is 11.4. The van der Waals surface area contributed by atoms with Gasteiger partial charge in [0.25, 0.3) is 0 Å². The van der Waals surface area contributed by atoms with Gasteiger partial charge in [-0.25, -0.2) is 4.39 Å². The highest BCUT2D eigenvalue weighted by Crippen LogP contribution is 2.24. The second-order valence-electron chi connectivity index (χ2n) is 4.71. The third-order valence-electron chi connectivity index (χ3n) is 3.11.